The quantitative estimate of drug-likeness (QED) is 0.354. The third kappa shape index (κ3) is 5.31. The lowest BCUT2D eigenvalue weighted by Gasteiger charge is -2.31. The molecule has 1 aliphatic heterocycles. The van der Waals surface area contributed by atoms with Crippen molar-refractivity contribution >= 4 is 26.8 Å². The number of hydrogen-bond donors (Lipinski definition) is 3. The maximum absolute atomic E-state index is 13.4. The first-order valence-electron chi connectivity index (χ1n) is 11.7. The predicted molar refractivity (Wildman–Crippen MR) is 137 cm³/mol. The number of amides is 1. The molecule has 1 aliphatic rings. The van der Waals surface area contributed by atoms with Gasteiger partial charge in [0.15, 0.2) is 0 Å². The molecule has 4 N–H and O–H groups in total. The van der Waals surface area contributed by atoms with Gasteiger partial charge in [0.25, 0.3) is 5.91 Å². The Kier molecular flexibility index (Phi) is 6.84. The fourth-order valence-electron chi connectivity index (χ4n) is 4.40. The van der Waals surface area contributed by atoms with E-state index >= 15 is 0 Å². The largest absolute Gasteiger partial charge is 0.379 e. The molecule has 4 aromatic rings. The van der Waals surface area contributed by atoms with Crippen LogP contribution < -0.4 is 10.5 Å². The summed E-state index contributed by atoms with van der Waals surface area (Å²) in [5.74, 6) is -0.204. The van der Waals surface area contributed by atoms with Gasteiger partial charge in [-0.25, -0.2) is 13.6 Å². The zero-order chi connectivity index (χ0) is 25.1. The Bertz CT molecular complexity index is 1480. The summed E-state index contributed by atoms with van der Waals surface area (Å²) in [6.45, 7) is 3.69. The number of ether oxygens (including phenoxy) is 1. The molecule has 1 saturated heterocycles. The van der Waals surface area contributed by atoms with Crippen LogP contribution in [-0.4, -0.2) is 62.3 Å². The van der Waals surface area contributed by atoms with Gasteiger partial charge in [0, 0.05) is 36.1 Å². The molecule has 1 atom stereocenters. The number of H-pyrrole nitrogens is 1. The first-order valence-corrected chi connectivity index (χ1v) is 13.2. The van der Waals surface area contributed by atoms with E-state index < -0.39 is 10.0 Å². The highest BCUT2D eigenvalue weighted by Crippen LogP contribution is 2.29. The molecule has 0 spiro atoms. The number of fused-ring (bicyclic) bond motifs is 1. The number of rotatable bonds is 7. The topological polar surface area (TPSA) is 130 Å². The van der Waals surface area contributed by atoms with Gasteiger partial charge in [-0.3, -0.25) is 14.8 Å². The van der Waals surface area contributed by atoms with E-state index in [0.29, 0.717) is 42.0 Å². The molecule has 1 aromatic heterocycles. The minimum atomic E-state index is -3.86. The molecular formula is C26H27N5O4S. The van der Waals surface area contributed by atoms with Crippen LogP contribution in [0, 0.1) is 0 Å². The average Bonchev–Trinajstić information content (AvgIpc) is 3.32. The smallest absolute Gasteiger partial charge is 0.251 e. The minimum Gasteiger partial charge on any atom is -0.379 e. The molecular weight excluding hydrogens is 478 g/mol. The second kappa shape index (κ2) is 10.2. The van der Waals surface area contributed by atoms with E-state index in [0.717, 1.165) is 24.2 Å². The Labute approximate surface area is 209 Å². The number of aromatic nitrogens is 2. The van der Waals surface area contributed by atoms with E-state index in [-0.39, 0.29) is 16.8 Å². The van der Waals surface area contributed by atoms with E-state index in [1.807, 2.05) is 30.3 Å². The number of nitrogens with one attached hydrogen (secondary N) is 2. The van der Waals surface area contributed by atoms with Gasteiger partial charge < -0.3 is 10.1 Å². The van der Waals surface area contributed by atoms with Crippen LogP contribution in [-0.2, 0) is 14.8 Å². The predicted octanol–water partition coefficient (Wildman–Crippen LogP) is 2.68. The highest BCUT2D eigenvalue weighted by atomic mass is 32.2. The summed E-state index contributed by atoms with van der Waals surface area (Å²) in [5, 5.41) is 16.5. The molecule has 0 radical (unpaired) electrons. The molecule has 9 nitrogen and oxygen atoms in total. The maximum Gasteiger partial charge on any atom is 0.251 e. The number of nitrogens with zero attached hydrogens (tertiary/aromatic N) is 2. The summed E-state index contributed by atoms with van der Waals surface area (Å²) in [4.78, 5) is 15.7. The van der Waals surface area contributed by atoms with Crippen LogP contribution in [0.1, 0.15) is 22.0 Å². The zero-order valence-electron chi connectivity index (χ0n) is 19.6. The van der Waals surface area contributed by atoms with Crippen molar-refractivity contribution in [2.24, 2.45) is 5.14 Å². The van der Waals surface area contributed by atoms with Crippen LogP contribution in [0.25, 0.3) is 22.2 Å². The first-order chi connectivity index (χ1) is 17.4. The molecule has 3 aromatic carbocycles. The van der Waals surface area contributed by atoms with Gasteiger partial charge in [-0.1, -0.05) is 42.5 Å². The number of hydrogen-bond acceptors (Lipinski definition) is 6. The highest BCUT2D eigenvalue weighted by Gasteiger charge is 2.21. The van der Waals surface area contributed by atoms with Crippen molar-refractivity contribution < 1.29 is 17.9 Å². The van der Waals surface area contributed by atoms with Gasteiger partial charge in [-0.2, -0.15) is 5.10 Å². The molecule has 0 saturated carbocycles. The number of primary sulfonamides is 1. The van der Waals surface area contributed by atoms with Gasteiger partial charge in [-0.05, 0) is 35.9 Å². The van der Waals surface area contributed by atoms with Crippen molar-refractivity contribution in [1.29, 1.82) is 0 Å². The van der Waals surface area contributed by atoms with Crippen molar-refractivity contribution in [3.8, 4) is 11.3 Å². The van der Waals surface area contributed by atoms with Gasteiger partial charge in [0.2, 0.25) is 10.0 Å². The van der Waals surface area contributed by atoms with Crippen molar-refractivity contribution in [1.82, 2.24) is 20.4 Å². The third-order valence-corrected chi connectivity index (χ3v) is 7.22. The van der Waals surface area contributed by atoms with Gasteiger partial charge in [0.1, 0.15) is 0 Å². The Morgan fingerprint density at radius 3 is 2.58 bits per heavy atom. The molecule has 36 heavy (non-hydrogen) atoms. The monoisotopic (exact) mass is 505 g/mol. The lowest BCUT2D eigenvalue weighted by Crippen LogP contribution is -2.43. The van der Waals surface area contributed by atoms with Crippen molar-refractivity contribution in [2.75, 3.05) is 32.8 Å². The average molecular weight is 506 g/mol. The zero-order valence-corrected chi connectivity index (χ0v) is 20.4. The number of sulfonamides is 1. The molecule has 0 bridgehead atoms. The van der Waals surface area contributed by atoms with Crippen molar-refractivity contribution in [2.45, 2.75) is 10.9 Å². The summed E-state index contributed by atoms with van der Waals surface area (Å²) in [6, 6.07) is 21.3. The molecule has 2 heterocycles. The van der Waals surface area contributed by atoms with Gasteiger partial charge >= 0.3 is 0 Å². The Balaban J connectivity index is 1.44. The molecule has 1 amide bonds. The number of nitrogens with two attached hydrogens (primary N) is 1. The van der Waals surface area contributed by atoms with Crippen LogP contribution in [0.2, 0.25) is 0 Å². The molecule has 1 fully saturated rings. The van der Waals surface area contributed by atoms with Crippen molar-refractivity contribution in [3.05, 3.63) is 83.9 Å². The summed E-state index contributed by atoms with van der Waals surface area (Å²) in [7, 11) is -3.86. The van der Waals surface area contributed by atoms with E-state index in [1.165, 1.54) is 12.1 Å². The molecule has 1 unspecified atom stereocenters. The lowest BCUT2D eigenvalue weighted by molar-refractivity contribution is 0.0332. The summed E-state index contributed by atoms with van der Waals surface area (Å²) in [6.07, 6.45) is 0. The number of aromatic amines is 1. The van der Waals surface area contributed by atoms with Crippen molar-refractivity contribution in [3.63, 3.8) is 0 Å². The Morgan fingerprint density at radius 1 is 1.06 bits per heavy atom. The summed E-state index contributed by atoms with van der Waals surface area (Å²) >= 11 is 0. The second-order valence-corrected chi connectivity index (χ2v) is 10.3. The number of benzene rings is 3. The molecule has 5 rings (SSSR count). The van der Waals surface area contributed by atoms with Crippen LogP contribution in [0.15, 0.2) is 77.7 Å². The van der Waals surface area contributed by atoms with Crippen LogP contribution >= 0.6 is 0 Å². The summed E-state index contributed by atoms with van der Waals surface area (Å²) in [5.41, 5.74) is 3.37. The number of carbonyl (C=O) groups excluding carboxylic acids is 1. The fraction of sp³-hybridized carbons (Fsp3) is 0.231. The van der Waals surface area contributed by atoms with Crippen LogP contribution in [0.3, 0.4) is 0 Å². The van der Waals surface area contributed by atoms with E-state index in [4.69, 9.17) is 9.88 Å². The van der Waals surface area contributed by atoms with Gasteiger partial charge in [-0.15, -0.1) is 0 Å². The van der Waals surface area contributed by atoms with Crippen LogP contribution in [0.5, 0.6) is 0 Å². The second-order valence-electron chi connectivity index (χ2n) is 8.76. The van der Waals surface area contributed by atoms with E-state index in [2.05, 4.69) is 20.4 Å². The van der Waals surface area contributed by atoms with Gasteiger partial charge in [0.05, 0.1) is 35.4 Å². The summed E-state index contributed by atoms with van der Waals surface area (Å²) < 4.78 is 29.1. The van der Waals surface area contributed by atoms with E-state index in [1.54, 1.807) is 30.3 Å². The fourth-order valence-corrected chi connectivity index (χ4v) is 4.96. The lowest BCUT2D eigenvalue weighted by atomic mass is 10.0. The maximum atomic E-state index is 13.4. The van der Waals surface area contributed by atoms with E-state index in [9.17, 15) is 13.2 Å². The number of carbonyl (C=O) groups is 1. The first kappa shape index (κ1) is 24.1. The minimum absolute atomic E-state index is 0.00105. The Morgan fingerprint density at radius 2 is 1.83 bits per heavy atom. The molecule has 10 heteroatoms. The molecule has 0 aliphatic carbocycles. The highest BCUT2D eigenvalue weighted by molar-refractivity contribution is 7.89. The standard InChI is InChI=1S/C26H27N5O4S/c27-36(33,34)21-8-4-7-19(15-21)25-22-16-20(9-10-23(22)29-30-25)26(32)28-24(18-5-2-1-3-6-18)17-31-11-13-35-14-12-31/h1-10,15-16,24H,11-14,17H2,(H,28,32)(H,29,30)(H2,27,33,34). The molecule has 186 valence electrons. The Hall–Kier alpha value is -3.57. The van der Waals surface area contributed by atoms with Crippen LogP contribution in [0.4, 0.5) is 0 Å². The third-order valence-electron chi connectivity index (χ3n) is 6.31. The normalized spacial score (nSPS) is 15.6. The SMILES string of the molecule is NS(=O)(=O)c1cccc(-c2n[nH]c3ccc(C(=O)NC(CN4CCOCC4)c4ccccc4)cc23)c1. The number of morpholine rings is 1.